The standard InChI is InChI=1S/C20H24N2O2S/c1-24-17-4-2-3-16(11-17)19(23)22(13-15-5-10-25-14-15)18-12-20(18)6-8-21-9-7-20/h2-5,10-11,14,18,21H,6-9,12-13H2,1H3. The van der Waals surface area contributed by atoms with Gasteiger partial charge in [0.25, 0.3) is 5.91 Å². The molecule has 1 N–H and O–H groups in total. The Hall–Kier alpha value is -1.85. The fraction of sp³-hybridized carbons (Fsp3) is 0.450. The number of hydrogen-bond donors (Lipinski definition) is 1. The minimum absolute atomic E-state index is 0.116. The number of methoxy groups -OCH3 is 1. The lowest BCUT2D eigenvalue weighted by molar-refractivity contribution is 0.0692. The highest BCUT2D eigenvalue weighted by molar-refractivity contribution is 7.07. The van der Waals surface area contributed by atoms with Gasteiger partial charge in [-0.2, -0.15) is 11.3 Å². The molecule has 4 nitrogen and oxygen atoms in total. The molecule has 1 aliphatic heterocycles. The second kappa shape index (κ2) is 6.81. The molecular weight excluding hydrogens is 332 g/mol. The van der Waals surface area contributed by atoms with Gasteiger partial charge in [-0.1, -0.05) is 6.07 Å². The molecule has 4 rings (SSSR count). The lowest BCUT2D eigenvalue weighted by Gasteiger charge is -2.29. The number of thiophene rings is 1. The summed E-state index contributed by atoms with van der Waals surface area (Å²) in [7, 11) is 1.64. The van der Waals surface area contributed by atoms with Crippen LogP contribution in [0.2, 0.25) is 0 Å². The summed E-state index contributed by atoms with van der Waals surface area (Å²) in [5.41, 5.74) is 2.26. The first-order valence-corrected chi connectivity index (χ1v) is 9.83. The fourth-order valence-electron chi connectivity index (χ4n) is 4.05. The second-order valence-corrected chi connectivity index (χ2v) is 7.91. The van der Waals surface area contributed by atoms with E-state index in [9.17, 15) is 4.79 Å². The van der Waals surface area contributed by atoms with E-state index in [-0.39, 0.29) is 5.91 Å². The summed E-state index contributed by atoms with van der Waals surface area (Å²) in [5, 5.41) is 7.67. The second-order valence-electron chi connectivity index (χ2n) is 7.13. The first-order chi connectivity index (χ1) is 12.2. The van der Waals surface area contributed by atoms with E-state index in [2.05, 4.69) is 27.0 Å². The van der Waals surface area contributed by atoms with Crippen molar-refractivity contribution in [3.63, 3.8) is 0 Å². The summed E-state index contributed by atoms with van der Waals surface area (Å²) in [6.45, 7) is 2.83. The van der Waals surface area contributed by atoms with Crippen molar-refractivity contribution in [1.29, 1.82) is 0 Å². The molecule has 2 aliphatic rings. The van der Waals surface area contributed by atoms with E-state index in [0.717, 1.165) is 25.3 Å². The normalized spacial score (nSPS) is 21.1. The summed E-state index contributed by atoms with van der Waals surface area (Å²) < 4.78 is 5.30. The number of amides is 1. The molecule has 1 aromatic carbocycles. The van der Waals surface area contributed by atoms with Crippen molar-refractivity contribution < 1.29 is 9.53 Å². The van der Waals surface area contributed by atoms with E-state index in [4.69, 9.17) is 4.74 Å². The molecular formula is C20H24N2O2S. The zero-order valence-electron chi connectivity index (χ0n) is 14.5. The third-order valence-electron chi connectivity index (χ3n) is 5.63. The topological polar surface area (TPSA) is 41.6 Å². The van der Waals surface area contributed by atoms with Gasteiger partial charge in [-0.3, -0.25) is 4.79 Å². The monoisotopic (exact) mass is 356 g/mol. The Labute approximate surface area is 152 Å². The van der Waals surface area contributed by atoms with Crippen LogP contribution in [0.4, 0.5) is 0 Å². The van der Waals surface area contributed by atoms with Crippen LogP contribution in [0.15, 0.2) is 41.1 Å². The van der Waals surface area contributed by atoms with E-state index < -0.39 is 0 Å². The molecule has 1 unspecified atom stereocenters. The number of hydrogen-bond acceptors (Lipinski definition) is 4. The molecule has 1 aromatic heterocycles. The van der Waals surface area contributed by atoms with E-state index >= 15 is 0 Å². The van der Waals surface area contributed by atoms with Gasteiger partial charge in [0.05, 0.1) is 7.11 Å². The van der Waals surface area contributed by atoms with Gasteiger partial charge >= 0.3 is 0 Å². The zero-order chi connectivity index (χ0) is 17.3. The van der Waals surface area contributed by atoms with Crippen molar-refractivity contribution in [2.45, 2.75) is 31.8 Å². The quantitative estimate of drug-likeness (QED) is 0.891. The smallest absolute Gasteiger partial charge is 0.254 e. The minimum Gasteiger partial charge on any atom is -0.497 e. The fourth-order valence-corrected chi connectivity index (χ4v) is 4.71. The summed E-state index contributed by atoms with van der Waals surface area (Å²) in [6, 6.07) is 9.98. The molecule has 25 heavy (non-hydrogen) atoms. The average molecular weight is 356 g/mol. The number of piperidine rings is 1. The van der Waals surface area contributed by atoms with Crippen LogP contribution in [0.25, 0.3) is 0 Å². The summed E-state index contributed by atoms with van der Waals surface area (Å²) in [4.78, 5) is 15.4. The van der Waals surface area contributed by atoms with Gasteiger partial charge in [-0.05, 0) is 78.4 Å². The van der Waals surface area contributed by atoms with Gasteiger partial charge in [0, 0.05) is 18.2 Å². The lowest BCUT2D eigenvalue weighted by atomic mass is 9.93. The van der Waals surface area contributed by atoms with Gasteiger partial charge in [0.15, 0.2) is 0 Å². The SMILES string of the molecule is COc1cccc(C(=O)N(Cc2ccsc2)C2CC23CCNCC3)c1. The maximum Gasteiger partial charge on any atom is 0.254 e. The van der Waals surface area contributed by atoms with Gasteiger partial charge in [0.2, 0.25) is 0 Å². The largest absolute Gasteiger partial charge is 0.497 e. The number of carbonyl (C=O) groups is 1. The number of nitrogens with zero attached hydrogens (tertiary/aromatic N) is 1. The van der Waals surface area contributed by atoms with Crippen LogP contribution in [0.3, 0.4) is 0 Å². The maximum atomic E-state index is 13.3. The molecule has 2 aromatic rings. The number of carbonyl (C=O) groups excluding carboxylic acids is 1. The average Bonchev–Trinajstić information content (AvgIpc) is 3.08. The number of ether oxygens (including phenoxy) is 1. The van der Waals surface area contributed by atoms with Crippen molar-refractivity contribution in [2.75, 3.05) is 20.2 Å². The highest BCUT2D eigenvalue weighted by Gasteiger charge is 2.57. The summed E-state index contributed by atoms with van der Waals surface area (Å²) in [5.74, 6) is 0.846. The Morgan fingerprint density at radius 3 is 2.92 bits per heavy atom. The molecule has 0 bridgehead atoms. The molecule has 1 saturated carbocycles. The Kier molecular flexibility index (Phi) is 4.52. The van der Waals surface area contributed by atoms with E-state index in [0.29, 0.717) is 23.6 Å². The maximum absolute atomic E-state index is 13.3. The van der Waals surface area contributed by atoms with Crippen molar-refractivity contribution in [1.82, 2.24) is 10.2 Å². The summed E-state index contributed by atoms with van der Waals surface area (Å²) >= 11 is 1.69. The van der Waals surface area contributed by atoms with Crippen molar-refractivity contribution in [3.05, 3.63) is 52.2 Å². The molecule has 132 valence electrons. The molecule has 1 aliphatic carbocycles. The number of nitrogens with one attached hydrogen (secondary N) is 1. The third-order valence-corrected chi connectivity index (χ3v) is 6.36. The molecule has 5 heteroatoms. The molecule has 0 radical (unpaired) electrons. The third kappa shape index (κ3) is 3.31. The predicted molar refractivity (Wildman–Crippen MR) is 100 cm³/mol. The van der Waals surface area contributed by atoms with Crippen molar-refractivity contribution in [3.8, 4) is 5.75 Å². The first kappa shape index (κ1) is 16.6. The number of rotatable bonds is 5. The van der Waals surface area contributed by atoms with E-state index in [1.807, 2.05) is 24.3 Å². The van der Waals surface area contributed by atoms with Crippen molar-refractivity contribution >= 4 is 17.2 Å². The van der Waals surface area contributed by atoms with Crippen LogP contribution in [-0.4, -0.2) is 37.0 Å². The van der Waals surface area contributed by atoms with Gasteiger partial charge < -0.3 is 15.0 Å². The molecule has 1 spiro atoms. The van der Waals surface area contributed by atoms with Crippen molar-refractivity contribution in [2.24, 2.45) is 5.41 Å². The first-order valence-electron chi connectivity index (χ1n) is 8.89. The molecule has 1 saturated heterocycles. The lowest BCUT2D eigenvalue weighted by Crippen LogP contribution is -2.39. The number of benzene rings is 1. The van der Waals surface area contributed by atoms with Crippen LogP contribution in [0.5, 0.6) is 5.75 Å². The minimum atomic E-state index is 0.116. The van der Waals surface area contributed by atoms with E-state index in [1.165, 1.54) is 18.4 Å². The Morgan fingerprint density at radius 1 is 1.36 bits per heavy atom. The highest BCUT2D eigenvalue weighted by Crippen LogP contribution is 2.56. The molecule has 2 heterocycles. The molecule has 2 fully saturated rings. The molecule has 1 amide bonds. The van der Waals surface area contributed by atoms with Gasteiger partial charge in [-0.25, -0.2) is 0 Å². The summed E-state index contributed by atoms with van der Waals surface area (Å²) in [6.07, 6.45) is 3.47. The van der Waals surface area contributed by atoms with Crippen LogP contribution < -0.4 is 10.1 Å². The Morgan fingerprint density at radius 2 is 2.20 bits per heavy atom. The zero-order valence-corrected chi connectivity index (χ0v) is 15.3. The Balaban J connectivity index is 1.59. The van der Waals surface area contributed by atoms with Crippen LogP contribution >= 0.6 is 11.3 Å². The molecule has 1 atom stereocenters. The predicted octanol–water partition coefficient (Wildman–Crippen LogP) is 3.54. The Bertz CT molecular complexity index is 738. The van der Waals surface area contributed by atoms with Crippen LogP contribution in [-0.2, 0) is 6.54 Å². The van der Waals surface area contributed by atoms with Gasteiger partial charge in [-0.15, -0.1) is 0 Å². The highest BCUT2D eigenvalue weighted by atomic mass is 32.1. The van der Waals surface area contributed by atoms with Gasteiger partial charge in [0.1, 0.15) is 5.75 Å². The van der Waals surface area contributed by atoms with Crippen LogP contribution in [0.1, 0.15) is 35.2 Å². The van der Waals surface area contributed by atoms with Crippen LogP contribution in [0, 0.1) is 5.41 Å². The van der Waals surface area contributed by atoms with E-state index in [1.54, 1.807) is 18.4 Å².